The van der Waals surface area contributed by atoms with Crippen LogP contribution in [-0.4, -0.2) is 5.91 Å². The Morgan fingerprint density at radius 2 is 2.25 bits per heavy atom. The number of hydrogen-bond donors (Lipinski definition) is 1. The topological polar surface area (TPSA) is 29.1 Å². The molecule has 1 aromatic rings. The van der Waals surface area contributed by atoms with Gasteiger partial charge in [0, 0.05) is 10.2 Å². The van der Waals surface area contributed by atoms with Crippen molar-refractivity contribution in [1.29, 1.82) is 0 Å². The fourth-order valence-corrected chi connectivity index (χ4v) is 1.75. The number of benzene rings is 1. The largest absolute Gasteiger partial charge is 0.325 e. The maximum atomic E-state index is 11.0. The molecule has 1 N–H and O–H groups in total. The number of hydrogen-bond acceptors (Lipinski definition) is 1. The van der Waals surface area contributed by atoms with Crippen LogP contribution in [0.3, 0.4) is 0 Å². The Kier molecular flexibility index (Phi) is 1.68. The van der Waals surface area contributed by atoms with Gasteiger partial charge in [-0.15, -0.1) is 0 Å². The molecule has 0 bridgehead atoms. The standard InChI is InChI=1S/C9H8BrNO/c1-5-7(10)3-2-6-4-8(12)11-9(5)6/h2-3H,4H2,1H3,(H,11,12). The van der Waals surface area contributed by atoms with Crippen LogP contribution in [0.1, 0.15) is 11.1 Å². The van der Waals surface area contributed by atoms with Gasteiger partial charge in [-0.3, -0.25) is 4.79 Å². The number of nitrogens with one attached hydrogen (secondary N) is 1. The Bertz CT molecular complexity index is 360. The number of rotatable bonds is 0. The maximum absolute atomic E-state index is 11.0. The van der Waals surface area contributed by atoms with Crippen molar-refractivity contribution in [2.75, 3.05) is 5.32 Å². The second-order valence-corrected chi connectivity index (χ2v) is 3.79. The van der Waals surface area contributed by atoms with E-state index in [2.05, 4.69) is 21.2 Å². The molecule has 1 aromatic carbocycles. The van der Waals surface area contributed by atoms with Crippen LogP contribution in [0.25, 0.3) is 0 Å². The first kappa shape index (κ1) is 7.80. The number of halogens is 1. The molecule has 2 rings (SSSR count). The number of carbonyl (C=O) groups is 1. The van der Waals surface area contributed by atoms with Gasteiger partial charge in [0.25, 0.3) is 0 Å². The lowest BCUT2D eigenvalue weighted by Crippen LogP contribution is -2.04. The summed E-state index contributed by atoms with van der Waals surface area (Å²) in [6.07, 6.45) is 0.517. The molecule has 1 heterocycles. The Morgan fingerprint density at radius 1 is 1.50 bits per heavy atom. The van der Waals surface area contributed by atoms with Gasteiger partial charge in [0.1, 0.15) is 0 Å². The van der Waals surface area contributed by atoms with Crippen molar-refractivity contribution in [1.82, 2.24) is 0 Å². The minimum Gasteiger partial charge on any atom is -0.325 e. The second-order valence-electron chi connectivity index (χ2n) is 2.93. The summed E-state index contributed by atoms with van der Waals surface area (Å²) in [7, 11) is 0. The van der Waals surface area contributed by atoms with E-state index in [4.69, 9.17) is 0 Å². The van der Waals surface area contributed by atoms with Crippen molar-refractivity contribution in [2.45, 2.75) is 13.3 Å². The smallest absolute Gasteiger partial charge is 0.228 e. The molecule has 0 fully saturated rings. The van der Waals surface area contributed by atoms with E-state index in [0.717, 1.165) is 21.3 Å². The first-order valence-corrected chi connectivity index (χ1v) is 4.55. The average molecular weight is 226 g/mol. The summed E-state index contributed by atoms with van der Waals surface area (Å²) in [6, 6.07) is 3.96. The number of fused-ring (bicyclic) bond motifs is 1. The molecule has 12 heavy (non-hydrogen) atoms. The number of amides is 1. The van der Waals surface area contributed by atoms with Gasteiger partial charge in [-0.05, 0) is 24.1 Å². The van der Waals surface area contributed by atoms with Crippen LogP contribution in [-0.2, 0) is 11.2 Å². The molecule has 0 atom stereocenters. The molecule has 0 spiro atoms. The van der Waals surface area contributed by atoms with E-state index < -0.39 is 0 Å². The van der Waals surface area contributed by atoms with E-state index in [1.165, 1.54) is 0 Å². The summed E-state index contributed by atoms with van der Waals surface area (Å²) >= 11 is 3.42. The van der Waals surface area contributed by atoms with Crippen LogP contribution in [0.2, 0.25) is 0 Å². The lowest BCUT2D eigenvalue weighted by Gasteiger charge is -2.04. The Balaban J connectivity index is 2.61. The maximum Gasteiger partial charge on any atom is 0.228 e. The molecule has 0 unspecified atom stereocenters. The van der Waals surface area contributed by atoms with Gasteiger partial charge in [0.05, 0.1) is 6.42 Å². The van der Waals surface area contributed by atoms with Crippen molar-refractivity contribution < 1.29 is 4.79 Å². The summed E-state index contributed by atoms with van der Waals surface area (Å²) in [5, 5.41) is 2.84. The SMILES string of the molecule is Cc1c(Br)ccc2c1NC(=O)C2. The summed E-state index contributed by atoms with van der Waals surface area (Å²) < 4.78 is 1.04. The first-order chi connectivity index (χ1) is 5.68. The first-order valence-electron chi connectivity index (χ1n) is 3.76. The van der Waals surface area contributed by atoms with Crippen molar-refractivity contribution in [3.05, 3.63) is 27.7 Å². The molecule has 62 valence electrons. The third-order valence-corrected chi connectivity index (χ3v) is 2.96. The van der Waals surface area contributed by atoms with E-state index in [9.17, 15) is 4.79 Å². The number of anilines is 1. The summed E-state index contributed by atoms with van der Waals surface area (Å²) in [6.45, 7) is 1.99. The Hall–Kier alpha value is -0.830. The van der Waals surface area contributed by atoms with Gasteiger partial charge in [0.2, 0.25) is 5.91 Å². The quantitative estimate of drug-likeness (QED) is 0.722. The zero-order valence-corrected chi connectivity index (χ0v) is 8.23. The van der Waals surface area contributed by atoms with Crippen LogP contribution < -0.4 is 5.32 Å². The molecule has 0 aliphatic carbocycles. The monoisotopic (exact) mass is 225 g/mol. The molecule has 0 aromatic heterocycles. The van der Waals surface area contributed by atoms with Crippen LogP contribution in [0.4, 0.5) is 5.69 Å². The van der Waals surface area contributed by atoms with Crippen LogP contribution in [0, 0.1) is 6.92 Å². The van der Waals surface area contributed by atoms with Crippen molar-refractivity contribution in [3.63, 3.8) is 0 Å². The molecule has 1 aliphatic heterocycles. The van der Waals surface area contributed by atoms with Gasteiger partial charge in [0.15, 0.2) is 0 Å². The van der Waals surface area contributed by atoms with Crippen LogP contribution >= 0.6 is 15.9 Å². The third-order valence-electron chi connectivity index (χ3n) is 2.10. The molecule has 0 radical (unpaired) electrons. The van der Waals surface area contributed by atoms with Crippen molar-refractivity contribution in [3.8, 4) is 0 Å². The van der Waals surface area contributed by atoms with Gasteiger partial charge in [-0.1, -0.05) is 22.0 Å². The minimum absolute atomic E-state index is 0.0891. The van der Waals surface area contributed by atoms with Crippen molar-refractivity contribution in [2.24, 2.45) is 0 Å². The fraction of sp³-hybridized carbons (Fsp3) is 0.222. The lowest BCUT2D eigenvalue weighted by molar-refractivity contribution is -0.115. The highest BCUT2D eigenvalue weighted by atomic mass is 79.9. The normalized spacial score (nSPS) is 14.3. The predicted octanol–water partition coefficient (Wildman–Crippen LogP) is 2.25. The molecule has 0 saturated heterocycles. The molecular weight excluding hydrogens is 218 g/mol. The molecule has 1 aliphatic rings. The lowest BCUT2D eigenvalue weighted by atomic mass is 10.1. The van der Waals surface area contributed by atoms with Gasteiger partial charge in [-0.2, -0.15) is 0 Å². The summed E-state index contributed by atoms with van der Waals surface area (Å²) in [5.41, 5.74) is 3.19. The average Bonchev–Trinajstić information content (AvgIpc) is 2.39. The molecule has 2 nitrogen and oxygen atoms in total. The van der Waals surface area contributed by atoms with Gasteiger partial charge in [-0.25, -0.2) is 0 Å². The van der Waals surface area contributed by atoms with Crippen molar-refractivity contribution >= 4 is 27.5 Å². The highest BCUT2D eigenvalue weighted by Crippen LogP contribution is 2.31. The Labute approximate surface area is 79.1 Å². The summed E-state index contributed by atoms with van der Waals surface area (Å²) in [5.74, 6) is 0.0891. The van der Waals surface area contributed by atoms with Gasteiger partial charge < -0.3 is 5.32 Å². The number of carbonyl (C=O) groups excluding carboxylic acids is 1. The third kappa shape index (κ3) is 1.05. The predicted molar refractivity (Wildman–Crippen MR) is 51.2 cm³/mol. The van der Waals surface area contributed by atoms with E-state index in [1.807, 2.05) is 19.1 Å². The van der Waals surface area contributed by atoms with Crippen LogP contribution in [0.15, 0.2) is 16.6 Å². The zero-order valence-electron chi connectivity index (χ0n) is 6.65. The van der Waals surface area contributed by atoms with Crippen LogP contribution in [0.5, 0.6) is 0 Å². The van der Waals surface area contributed by atoms with E-state index in [-0.39, 0.29) is 5.91 Å². The van der Waals surface area contributed by atoms with E-state index >= 15 is 0 Å². The molecule has 0 saturated carbocycles. The highest BCUT2D eigenvalue weighted by molar-refractivity contribution is 9.10. The molecule has 3 heteroatoms. The Morgan fingerprint density at radius 3 is 3.00 bits per heavy atom. The van der Waals surface area contributed by atoms with E-state index in [1.54, 1.807) is 0 Å². The molecule has 1 amide bonds. The second kappa shape index (κ2) is 2.59. The molecular formula is C9H8BrNO. The fourth-order valence-electron chi connectivity index (χ4n) is 1.42. The minimum atomic E-state index is 0.0891. The highest BCUT2D eigenvalue weighted by Gasteiger charge is 2.19. The van der Waals surface area contributed by atoms with E-state index in [0.29, 0.717) is 6.42 Å². The summed E-state index contributed by atoms with van der Waals surface area (Å²) in [4.78, 5) is 11.0. The van der Waals surface area contributed by atoms with Gasteiger partial charge >= 0.3 is 0 Å². The zero-order chi connectivity index (χ0) is 8.72.